The Balaban J connectivity index is 2.05. The number of fused-ring (bicyclic) bond motifs is 8. The lowest BCUT2D eigenvalue weighted by Gasteiger charge is -2.22. The van der Waals surface area contributed by atoms with E-state index < -0.39 is 0 Å². The smallest absolute Gasteiger partial charge is 0.0551 e. The van der Waals surface area contributed by atoms with Crippen LogP contribution in [0.5, 0.6) is 0 Å². The Kier molecular flexibility index (Phi) is 3.68. The first-order valence-corrected chi connectivity index (χ1v) is 10.6. The van der Waals surface area contributed by atoms with Crippen molar-refractivity contribution in [2.45, 2.75) is 52.4 Å². The molecule has 1 heteroatoms. The molecule has 29 heavy (non-hydrogen) atoms. The van der Waals surface area contributed by atoms with Gasteiger partial charge in [0.2, 0.25) is 0 Å². The molecular weight excluding hydrogens is 350 g/mol. The summed E-state index contributed by atoms with van der Waals surface area (Å²) in [5.74, 6) is 0. The van der Waals surface area contributed by atoms with Gasteiger partial charge in [0, 0.05) is 21.7 Å². The maximum Gasteiger partial charge on any atom is 0.0551 e. The monoisotopic (exact) mass is 379 g/mol. The summed E-state index contributed by atoms with van der Waals surface area (Å²) in [7, 11) is 0. The third-order valence-corrected chi connectivity index (χ3v) is 6.31. The summed E-state index contributed by atoms with van der Waals surface area (Å²) < 4.78 is 0. The fraction of sp³-hybridized carbons (Fsp3) is 0.286. The van der Waals surface area contributed by atoms with Crippen LogP contribution in [0.3, 0.4) is 0 Å². The summed E-state index contributed by atoms with van der Waals surface area (Å²) in [4.78, 5) is 3.74. The van der Waals surface area contributed by atoms with E-state index >= 15 is 0 Å². The molecule has 5 rings (SSSR count). The molecule has 0 spiro atoms. The van der Waals surface area contributed by atoms with Gasteiger partial charge >= 0.3 is 0 Å². The zero-order valence-electron chi connectivity index (χ0n) is 18.3. The van der Waals surface area contributed by atoms with Crippen molar-refractivity contribution in [1.29, 1.82) is 0 Å². The van der Waals surface area contributed by atoms with Crippen LogP contribution >= 0.6 is 0 Å². The number of hydrogen-bond donors (Lipinski definition) is 1. The van der Waals surface area contributed by atoms with Crippen molar-refractivity contribution in [3.8, 4) is 0 Å². The maximum absolute atomic E-state index is 3.74. The lowest BCUT2D eigenvalue weighted by atomic mass is 9.83. The molecule has 0 amide bonds. The molecule has 0 fully saturated rings. The average molecular weight is 380 g/mol. The lowest BCUT2D eigenvalue weighted by molar-refractivity contribution is 0.591. The molecule has 1 N–H and O–H groups in total. The van der Waals surface area contributed by atoms with Crippen LogP contribution in [0.2, 0.25) is 0 Å². The average Bonchev–Trinajstić information content (AvgIpc) is 3.06. The van der Waals surface area contributed by atoms with Gasteiger partial charge in [-0.1, -0.05) is 84.0 Å². The molecule has 0 bridgehead atoms. The lowest BCUT2D eigenvalue weighted by Crippen LogP contribution is -2.11. The van der Waals surface area contributed by atoms with Gasteiger partial charge in [-0.15, -0.1) is 0 Å². The van der Waals surface area contributed by atoms with Crippen LogP contribution in [0.1, 0.15) is 52.7 Å². The van der Waals surface area contributed by atoms with Crippen molar-refractivity contribution in [3.05, 3.63) is 71.8 Å². The zero-order chi connectivity index (χ0) is 20.6. The molecule has 0 radical (unpaired) electrons. The van der Waals surface area contributed by atoms with Crippen LogP contribution < -0.4 is 0 Å². The molecule has 0 aliphatic rings. The van der Waals surface area contributed by atoms with Crippen LogP contribution in [-0.2, 0) is 10.8 Å². The summed E-state index contributed by atoms with van der Waals surface area (Å²) in [6, 6.07) is 22.8. The normalized spacial score (nSPS) is 13.2. The molecule has 146 valence electrons. The number of rotatable bonds is 0. The second-order valence-corrected chi connectivity index (χ2v) is 10.4. The third-order valence-electron chi connectivity index (χ3n) is 6.31. The van der Waals surface area contributed by atoms with Gasteiger partial charge in [-0.25, -0.2) is 0 Å². The van der Waals surface area contributed by atoms with Crippen molar-refractivity contribution < 1.29 is 0 Å². The van der Waals surface area contributed by atoms with Crippen LogP contribution in [-0.4, -0.2) is 4.98 Å². The highest BCUT2D eigenvalue weighted by Crippen LogP contribution is 2.41. The van der Waals surface area contributed by atoms with Gasteiger partial charge in [0.1, 0.15) is 0 Å². The van der Waals surface area contributed by atoms with Crippen LogP contribution in [0.25, 0.3) is 43.4 Å². The summed E-state index contributed by atoms with van der Waals surface area (Å²) in [5.41, 5.74) is 5.46. The number of para-hydroxylation sites is 1. The molecule has 0 aliphatic heterocycles. The minimum absolute atomic E-state index is 0.120. The minimum Gasteiger partial charge on any atom is -0.354 e. The van der Waals surface area contributed by atoms with Gasteiger partial charge in [-0.05, 0) is 56.3 Å². The number of H-pyrrole nitrogens is 1. The molecule has 0 atom stereocenters. The quantitative estimate of drug-likeness (QED) is 0.261. The predicted molar refractivity (Wildman–Crippen MR) is 128 cm³/mol. The molecule has 5 aromatic rings. The first-order chi connectivity index (χ1) is 13.6. The fourth-order valence-electron chi connectivity index (χ4n) is 4.53. The Bertz CT molecular complexity index is 1400. The number of benzene rings is 4. The standard InChI is InChI=1S/C28H29N/c1-27(2,3)17-12-14-20-22(15-17)19-13-11-18(28(4,5)6)16-23(19)26-25(20)21-9-7-8-10-24(21)29-26/h7-16,29H,1-6H3. The van der Waals surface area contributed by atoms with Gasteiger partial charge in [-0.3, -0.25) is 0 Å². The van der Waals surface area contributed by atoms with E-state index in [9.17, 15) is 0 Å². The van der Waals surface area contributed by atoms with Gasteiger partial charge < -0.3 is 4.98 Å². The van der Waals surface area contributed by atoms with E-state index in [2.05, 4.69) is 107 Å². The molecule has 1 aromatic heterocycles. The predicted octanol–water partition coefficient (Wildman–Crippen LogP) is 8.22. The fourth-order valence-corrected chi connectivity index (χ4v) is 4.53. The molecule has 0 unspecified atom stereocenters. The van der Waals surface area contributed by atoms with Crippen LogP contribution in [0, 0.1) is 0 Å². The Labute approximate surface area is 172 Å². The zero-order valence-corrected chi connectivity index (χ0v) is 18.3. The van der Waals surface area contributed by atoms with E-state index in [0.717, 1.165) is 0 Å². The highest BCUT2D eigenvalue weighted by atomic mass is 14.7. The van der Waals surface area contributed by atoms with E-state index in [4.69, 9.17) is 0 Å². The van der Waals surface area contributed by atoms with Crippen molar-refractivity contribution in [1.82, 2.24) is 4.98 Å². The van der Waals surface area contributed by atoms with Crippen LogP contribution in [0.4, 0.5) is 0 Å². The number of nitrogens with one attached hydrogen (secondary N) is 1. The van der Waals surface area contributed by atoms with Crippen molar-refractivity contribution >= 4 is 43.4 Å². The van der Waals surface area contributed by atoms with Crippen LogP contribution in [0.15, 0.2) is 60.7 Å². The van der Waals surface area contributed by atoms with E-state index in [1.807, 2.05) is 0 Å². The van der Waals surface area contributed by atoms with Gasteiger partial charge in [-0.2, -0.15) is 0 Å². The Morgan fingerprint density at radius 1 is 0.552 bits per heavy atom. The Morgan fingerprint density at radius 2 is 1.14 bits per heavy atom. The van der Waals surface area contributed by atoms with Gasteiger partial charge in [0.05, 0.1) is 5.52 Å². The SMILES string of the molecule is CC(C)(C)c1ccc2c(c1)c1ccc(C(C)(C)C)cc1c1[nH]c3ccccc3c21. The summed E-state index contributed by atoms with van der Waals surface area (Å²) in [6.45, 7) is 13.7. The largest absolute Gasteiger partial charge is 0.354 e. The number of hydrogen-bond acceptors (Lipinski definition) is 0. The highest BCUT2D eigenvalue weighted by molar-refractivity contribution is 6.31. The molecular formula is C28H29N. The van der Waals surface area contributed by atoms with E-state index in [1.165, 1.54) is 54.5 Å². The first-order valence-electron chi connectivity index (χ1n) is 10.6. The van der Waals surface area contributed by atoms with Crippen molar-refractivity contribution in [3.63, 3.8) is 0 Å². The van der Waals surface area contributed by atoms with E-state index in [0.29, 0.717) is 0 Å². The topological polar surface area (TPSA) is 15.8 Å². The van der Waals surface area contributed by atoms with Gasteiger partial charge in [0.15, 0.2) is 0 Å². The maximum atomic E-state index is 3.74. The van der Waals surface area contributed by atoms with Crippen molar-refractivity contribution in [2.75, 3.05) is 0 Å². The molecule has 1 nitrogen and oxygen atoms in total. The van der Waals surface area contributed by atoms with Crippen molar-refractivity contribution in [2.24, 2.45) is 0 Å². The number of aromatic amines is 1. The molecule has 0 aliphatic carbocycles. The third kappa shape index (κ3) is 2.75. The Hall–Kier alpha value is -2.80. The second kappa shape index (κ2) is 5.86. The summed E-state index contributed by atoms with van der Waals surface area (Å²) >= 11 is 0. The number of aromatic nitrogens is 1. The first kappa shape index (κ1) is 18.2. The minimum atomic E-state index is 0.120. The second-order valence-electron chi connectivity index (χ2n) is 10.4. The summed E-state index contributed by atoms with van der Waals surface area (Å²) in [5, 5.41) is 7.99. The molecule has 1 heterocycles. The Morgan fingerprint density at radius 3 is 1.79 bits per heavy atom. The molecule has 0 saturated carbocycles. The molecule has 0 saturated heterocycles. The summed E-state index contributed by atoms with van der Waals surface area (Å²) in [6.07, 6.45) is 0. The van der Waals surface area contributed by atoms with E-state index in [-0.39, 0.29) is 10.8 Å². The van der Waals surface area contributed by atoms with E-state index in [1.54, 1.807) is 0 Å². The van der Waals surface area contributed by atoms with Gasteiger partial charge in [0.25, 0.3) is 0 Å². The molecule has 4 aromatic carbocycles. The highest BCUT2D eigenvalue weighted by Gasteiger charge is 2.20.